The molecule has 1 aliphatic carbocycles. The molecular weight excluding hydrogens is 304 g/mol. The van der Waals surface area contributed by atoms with Gasteiger partial charge in [0.25, 0.3) is 0 Å². The molecule has 3 rings (SSSR count). The van der Waals surface area contributed by atoms with Crippen LogP contribution in [0.4, 0.5) is 0 Å². The average Bonchev–Trinajstić information content (AvgIpc) is 3.18. The van der Waals surface area contributed by atoms with Crippen molar-refractivity contribution in [1.82, 2.24) is 20.1 Å². The Morgan fingerprint density at radius 2 is 2.33 bits per heavy atom. The molecule has 1 fully saturated rings. The Balaban J connectivity index is 1.84. The molecule has 0 bridgehead atoms. The van der Waals surface area contributed by atoms with E-state index in [1.165, 1.54) is 12.8 Å². The number of carbonyl (C=O) groups is 1. The van der Waals surface area contributed by atoms with E-state index in [1.54, 1.807) is 15.9 Å². The van der Waals surface area contributed by atoms with Gasteiger partial charge in [-0.3, -0.25) is 14.5 Å². The van der Waals surface area contributed by atoms with Gasteiger partial charge in [-0.2, -0.15) is 5.10 Å². The maximum Gasteiger partial charge on any atom is 0.243 e. The number of amides is 1. The lowest BCUT2D eigenvalue weighted by Gasteiger charge is -2.18. The Labute approximate surface area is 132 Å². The average molecular weight is 322 g/mol. The third-order valence-corrected chi connectivity index (χ3v) is 5.07. The Morgan fingerprint density at radius 3 is 3.00 bits per heavy atom. The number of H-pyrrole nitrogens is 1. The molecule has 1 amide bonds. The predicted octanol–water partition coefficient (Wildman–Crippen LogP) is 3.29. The zero-order valence-corrected chi connectivity index (χ0v) is 13.5. The summed E-state index contributed by atoms with van der Waals surface area (Å²) in [5, 5.41) is 12.2. The van der Waals surface area contributed by atoms with Crippen LogP contribution in [0.15, 0.2) is 17.5 Å². The van der Waals surface area contributed by atoms with Crippen molar-refractivity contribution >= 4 is 29.5 Å². The van der Waals surface area contributed by atoms with Gasteiger partial charge in [-0.05, 0) is 43.4 Å². The molecule has 0 unspecified atom stereocenters. The Morgan fingerprint density at radius 1 is 1.57 bits per heavy atom. The zero-order valence-electron chi connectivity index (χ0n) is 11.8. The normalized spacial score (nSPS) is 17.0. The van der Waals surface area contributed by atoms with Crippen LogP contribution in [0.2, 0.25) is 0 Å². The molecular formula is C14H18N4OS2. The summed E-state index contributed by atoms with van der Waals surface area (Å²) in [7, 11) is 0. The quantitative estimate of drug-likeness (QED) is 0.849. The molecule has 0 aliphatic heterocycles. The molecule has 21 heavy (non-hydrogen) atoms. The summed E-state index contributed by atoms with van der Waals surface area (Å²) in [6, 6.07) is 3.89. The van der Waals surface area contributed by atoms with Gasteiger partial charge in [0, 0.05) is 6.04 Å². The van der Waals surface area contributed by atoms with Crippen LogP contribution in [0.25, 0.3) is 10.7 Å². The van der Waals surface area contributed by atoms with Gasteiger partial charge in [-0.15, -0.1) is 11.3 Å². The minimum Gasteiger partial charge on any atom is -0.352 e. The van der Waals surface area contributed by atoms with Crippen LogP contribution in [-0.2, 0) is 4.79 Å². The summed E-state index contributed by atoms with van der Waals surface area (Å²) >= 11 is 6.88. The fraction of sp³-hybridized carbons (Fsp3) is 0.500. The lowest BCUT2D eigenvalue weighted by molar-refractivity contribution is -0.124. The van der Waals surface area contributed by atoms with E-state index in [4.69, 9.17) is 12.2 Å². The van der Waals surface area contributed by atoms with E-state index in [2.05, 4.69) is 15.5 Å². The van der Waals surface area contributed by atoms with E-state index in [9.17, 15) is 4.79 Å². The summed E-state index contributed by atoms with van der Waals surface area (Å²) < 4.78 is 2.28. The molecule has 0 spiro atoms. The molecule has 7 heteroatoms. The molecule has 0 saturated heterocycles. The maximum absolute atomic E-state index is 12.5. The molecule has 5 nitrogen and oxygen atoms in total. The Bertz CT molecular complexity index is 667. The minimum atomic E-state index is -0.367. The smallest absolute Gasteiger partial charge is 0.243 e. The SMILES string of the molecule is C[C@@H](C(=O)NC1CCCC1)n1c(-c2cccs2)n[nH]c1=S. The highest BCUT2D eigenvalue weighted by Gasteiger charge is 2.24. The lowest BCUT2D eigenvalue weighted by atomic mass is 10.2. The van der Waals surface area contributed by atoms with Gasteiger partial charge in [0.1, 0.15) is 6.04 Å². The van der Waals surface area contributed by atoms with E-state index >= 15 is 0 Å². The van der Waals surface area contributed by atoms with Crippen molar-refractivity contribution in [2.75, 3.05) is 0 Å². The molecule has 0 aromatic carbocycles. The predicted molar refractivity (Wildman–Crippen MR) is 85.8 cm³/mol. The summed E-state index contributed by atoms with van der Waals surface area (Å²) in [5.41, 5.74) is 0. The molecule has 2 aromatic rings. The molecule has 2 N–H and O–H groups in total. The van der Waals surface area contributed by atoms with Crippen LogP contribution in [0.1, 0.15) is 38.6 Å². The Hall–Kier alpha value is -1.47. The number of carbonyl (C=O) groups excluding carboxylic acids is 1. The van der Waals surface area contributed by atoms with E-state index in [1.807, 2.05) is 24.4 Å². The number of nitrogens with zero attached hydrogens (tertiary/aromatic N) is 2. The van der Waals surface area contributed by atoms with Crippen molar-refractivity contribution < 1.29 is 4.79 Å². The second kappa shape index (κ2) is 6.11. The first kappa shape index (κ1) is 14.5. The van der Waals surface area contributed by atoms with E-state index < -0.39 is 0 Å². The maximum atomic E-state index is 12.5. The number of nitrogens with one attached hydrogen (secondary N) is 2. The third kappa shape index (κ3) is 2.94. The summed E-state index contributed by atoms with van der Waals surface area (Å²) in [6.07, 6.45) is 4.55. The number of aromatic nitrogens is 3. The van der Waals surface area contributed by atoms with Crippen molar-refractivity contribution in [3.63, 3.8) is 0 Å². The van der Waals surface area contributed by atoms with Crippen molar-refractivity contribution in [2.45, 2.75) is 44.7 Å². The van der Waals surface area contributed by atoms with Gasteiger partial charge in [0.15, 0.2) is 10.6 Å². The fourth-order valence-electron chi connectivity index (χ4n) is 2.75. The van der Waals surface area contributed by atoms with Crippen LogP contribution in [-0.4, -0.2) is 26.7 Å². The van der Waals surface area contributed by atoms with Crippen LogP contribution in [0, 0.1) is 4.77 Å². The molecule has 112 valence electrons. The molecule has 0 radical (unpaired) electrons. The molecule has 1 saturated carbocycles. The van der Waals surface area contributed by atoms with Gasteiger partial charge in [0.2, 0.25) is 5.91 Å². The first-order valence-electron chi connectivity index (χ1n) is 7.18. The monoisotopic (exact) mass is 322 g/mol. The number of thiophene rings is 1. The van der Waals surface area contributed by atoms with E-state index in [0.29, 0.717) is 10.8 Å². The van der Waals surface area contributed by atoms with Crippen LogP contribution < -0.4 is 5.32 Å². The topological polar surface area (TPSA) is 62.7 Å². The number of rotatable bonds is 4. The summed E-state index contributed by atoms with van der Waals surface area (Å²) in [5.74, 6) is 0.737. The molecule has 2 heterocycles. The van der Waals surface area contributed by atoms with E-state index in [0.717, 1.165) is 23.5 Å². The molecule has 2 aromatic heterocycles. The van der Waals surface area contributed by atoms with Gasteiger partial charge in [-0.1, -0.05) is 18.9 Å². The molecule has 1 aliphatic rings. The van der Waals surface area contributed by atoms with Crippen molar-refractivity contribution in [2.24, 2.45) is 0 Å². The van der Waals surface area contributed by atoms with Crippen molar-refractivity contribution in [1.29, 1.82) is 0 Å². The summed E-state index contributed by atoms with van der Waals surface area (Å²) in [6.45, 7) is 1.87. The third-order valence-electron chi connectivity index (χ3n) is 3.91. The van der Waals surface area contributed by atoms with Gasteiger partial charge >= 0.3 is 0 Å². The van der Waals surface area contributed by atoms with Crippen molar-refractivity contribution in [3.05, 3.63) is 22.3 Å². The highest BCUT2D eigenvalue weighted by atomic mass is 32.1. The van der Waals surface area contributed by atoms with Crippen LogP contribution in [0.5, 0.6) is 0 Å². The fourth-order valence-corrected chi connectivity index (χ4v) is 3.75. The van der Waals surface area contributed by atoms with Gasteiger partial charge in [-0.25, -0.2) is 0 Å². The second-order valence-electron chi connectivity index (χ2n) is 5.37. The highest BCUT2D eigenvalue weighted by molar-refractivity contribution is 7.71. The number of hydrogen-bond donors (Lipinski definition) is 2. The van der Waals surface area contributed by atoms with Gasteiger partial charge < -0.3 is 5.32 Å². The first-order valence-corrected chi connectivity index (χ1v) is 8.47. The van der Waals surface area contributed by atoms with Gasteiger partial charge in [0.05, 0.1) is 4.88 Å². The number of aromatic amines is 1. The highest BCUT2D eigenvalue weighted by Crippen LogP contribution is 2.26. The summed E-state index contributed by atoms with van der Waals surface area (Å²) in [4.78, 5) is 13.5. The zero-order chi connectivity index (χ0) is 14.8. The minimum absolute atomic E-state index is 0.0113. The second-order valence-corrected chi connectivity index (χ2v) is 6.70. The first-order chi connectivity index (χ1) is 10.2. The van der Waals surface area contributed by atoms with E-state index in [-0.39, 0.29) is 11.9 Å². The Kier molecular flexibility index (Phi) is 4.21. The van der Waals surface area contributed by atoms with Crippen molar-refractivity contribution in [3.8, 4) is 10.7 Å². The van der Waals surface area contributed by atoms with Crippen LogP contribution in [0.3, 0.4) is 0 Å². The number of hydrogen-bond acceptors (Lipinski definition) is 4. The largest absolute Gasteiger partial charge is 0.352 e. The van der Waals surface area contributed by atoms with Crippen LogP contribution >= 0.6 is 23.6 Å². The lowest BCUT2D eigenvalue weighted by Crippen LogP contribution is -2.37. The standard InChI is InChI=1S/C14H18N4OS2/c1-9(13(19)15-10-5-2-3-6-10)18-12(16-17-14(18)20)11-7-4-8-21-11/h4,7-10H,2-3,5-6H2,1H3,(H,15,19)(H,17,20)/t9-/m0/s1. The molecule has 1 atom stereocenters.